The van der Waals surface area contributed by atoms with Crippen LogP contribution in [0.2, 0.25) is 0 Å². The zero-order valence-electron chi connectivity index (χ0n) is 19.9. The first kappa shape index (κ1) is 23.1. The van der Waals surface area contributed by atoms with E-state index in [0.29, 0.717) is 55.8 Å². The molecule has 3 aromatic rings. The van der Waals surface area contributed by atoms with Crippen molar-refractivity contribution in [1.82, 2.24) is 30.3 Å². The summed E-state index contributed by atoms with van der Waals surface area (Å²) in [6, 6.07) is 9.52. The Morgan fingerprint density at radius 3 is 2.77 bits per heavy atom. The smallest absolute Gasteiger partial charge is 0.254 e. The molecule has 0 spiro atoms. The zero-order valence-corrected chi connectivity index (χ0v) is 19.9. The van der Waals surface area contributed by atoms with Crippen molar-refractivity contribution in [3.8, 4) is 5.75 Å². The van der Waals surface area contributed by atoms with Gasteiger partial charge in [0.15, 0.2) is 11.5 Å². The molecule has 35 heavy (non-hydrogen) atoms. The van der Waals surface area contributed by atoms with Gasteiger partial charge in [0, 0.05) is 63.0 Å². The minimum Gasteiger partial charge on any atom is -0.489 e. The van der Waals surface area contributed by atoms with Gasteiger partial charge in [0.2, 0.25) is 5.91 Å². The molecule has 4 heterocycles. The number of piperazine rings is 1. The fraction of sp³-hybridized carbons (Fsp3) is 0.440. The number of carbonyl (C=O) groups is 2. The van der Waals surface area contributed by atoms with Crippen molar-refractivity contribution in [2.24, 2.45) is 0 Å². The van der Waals surface area contributed by atoms with Crippen molar-refractivity contribution in [3.05, 3.63) is 47.7 Å². The van der Waals surface area contributed by atoms with E-state index in [-0.39, 0.29) is 11.8 Å². The van der Waals surface area contributed by atoms with Crippen molar-refractivity contribution in [3.63, 3.8) is 0 Å². The number of fused-ring (bicyclic) bond motifs is 1. The van der Waals surface area contributed by atoms with Gasteiger partial charge in [-0.3, -0.25) is 14.7 Å². The second-order valence-corrected chi connectivity index (χ2v) is 9.07. The maximum Gasteiger partial charge on any atom is 0.254 e. The first-order valence-corrected chi connectivity index (χ1v) is 12.2. The number of amides is 2. The summed E-state index contributed by atoms with van der Waals surface area (Å²) in [7, 11) is 0. The van der Waals surface area contributed by atoms with Crippen LogP contribution in [0.25, 0.3) is 11.0 Å². The number of benzene rings is 1. The van der Waals surface area contributed by atoms with Crippen LogP contribution in [0, 0.1) is 0 Å². The number of aromatic nitrogens is 3. The molecule has 5 rings (SSSR count). The fourth-order valence-corrected chi connectivity index (χ4v) is 4.70. The quantitative estimate of drug-likeness (QED) is 0.497. The van der Waals surface area contributed by atoms with Gasteiger partial charge in [0.25, 0.3) is 5.91 Å². The van der Waals surface area contributed by atoms with Crippen LogP contribution in [0.15, 0.2) is 36.5 Å². The second-order valence-electron chi connectivity index (χ2n) is 9.07. The Morgan fingerprint density at radius 2 is 2.00 bits per heavy atom. The van der Waals surface area contributed by atoms with Crippen LogP contribution >= 0.6 is 0 Å². The number of nitrogens with zero attached hydrogens (tertiary/aromatic N) is 4. The Labute approximate surface area is 204 Å². The number of ether oxygens (including phenoxy) is 1. The summed E-state index contributed by atoms with van der Waals surface area (Å²) in [6.07, 6.45) is 3.97. The van der Waals surface area contributed by atoms with E-state index >= 15 is 0 Å². The van der Waals surface area contributed by atoms with E-state index in [4.69, 9.17) is 4.74 Å². The Kier molecular flexibility index (Phi) is 6.80. The van der Waals surface area contributed by atoms with Crippen LogP contribution in [0.1, 0.15) is 35.7 Å². The van der Waals surface area contributed by atoms with Gasteiger partial charge in [0.1, 0.15) is 12.4 Å². The highest BCUT2D eigenvalue weighted by atomic mass is 16.5. The molecule has 0 saturated carbocycles. The van der Waals surface area contributed by atoms with E-state index in [1.165, 1.54) is 0 Å². The van der Waals surface area contributed by atoms with Crippen LogP contribution in [-0.2, 0) is 11.4 Å². The molecule has 184 valence electrons. The molecule has 2 saturated heterocycles. The van der Waals surface area contributed by atoms with Gasteiger partial charge in [0.05, 0.1) is 5.39 Å². The molecule has 2 fully saturated rings. The maximum absolute atomic E-state index is 13.0. The lowest BCUT2D eigenvalue weighted by molar-refractivity contribution is -0.130. The molecule has 0 aliphatic carbocycles. The van der Waals surface area contributed by atoms with Crippen molar-refractivity contribution < 1.29 is 14.3 Å². The lowest BCUT2D eigenvalue weighted by Crippen LogP contribution is -2.50. The van der Waals surface area contributed by atoms with E-state index in [9.17, 15) is 9.59 Å². The molecule has 2 aromatic heterocycles. The predicted molar refractivity (Wildman–Crippen MR) is 132 cm³/mol. The molecule has 0 bridgehead atoms. The SMILES string of the molecule is CC(=O)N1CCN(C(=O)c2cccc(OCc3ccnc4[nH]nc(N[C@@H]5CCCNC5)c34)c2)CC1. The molecule has 0 radical (unpaired) electrons. The molecule has 2 amide bonds. The van der Waals surface area contributed by atoms with E-state index < -0.39 is 0 Å². The van der Waals surface area contributed by atoms with Crippen LogP contribution < -0.4 is 15.4 Å². The van der Waals surface area contributed by atoms with Gasteiger partial charge in [-0.1, -0.05) is 6.07 Å². The standard InChI is InChI=1S/C25H31N7O3/c1-17(33)31-10-12-32(13-11-31)25(34)18-4-2-6-21(14-18)35-16-19-7-9-27-23-22(19)24(30-29-23)28-20-5-3-8-26-15-20/h2,4,6-7,9,14,20,26H,3,5,8,10-13,15-16H2,1H3,(H2,27,28,29,30)/t20-/m1/s1. The summed E-state index contributed by atoms with van der Waals surface area (Å²) in [5.74, 6) is 1.41. The molecule has 1 atom stereocenters. The summed E-state index contributed by atoms with van der Waals surface area (Å²) in [4.78, 5) is 32.5. The molecule has 2 aliphatic heterocycles. The van der Waals surface area contributed by atoms with Crippen LogP contribution in [-0.4, -0.2) is 82.1 Å². The van der Waals surface area contributed by atoms with E-state index in [2.05, 4.69) is 25.8 Å². The molecule has 10 nitrogen and oxygen atoms in total. The number of anilines is 1. The Morgan fingerprint density at radius 1 is 1.17 bits per heavy atom. The monoisotopic (exact) mass is 477 g/mol. The van der Waals surface area contributed by atoms with Gasteiger partial charge >= 0.3 is 0 Å². The van der Waals surface area contributed by atoms with Gasteiger partial charge in [-0.25, -0.2) is 4.98 Å². The number of aromatic amines is 1. The maximum atomic E-state index is 13.0. The highest BCUT2D eigenvalue weighted by molar-refractivity contribution is 5.95. The highest BCUT2D eigenvalue weighted by Gasteiger charge is 2.23. The Bertz CT molecular complexity index is 1200. The average Bonchev–Trinajstić information content (AvgIpc) is 3.31. The third-order valence-electron chi connectivity index (χ3n) is 6.67. The number of pyridine rings is 1. The molecule has 1 aromatic carbocycles. The number of H-pyrrole nitrogens is 1. The molecule has 3 N–H and O–H groups in total. The molecule has 2 aliphatic rings. The first-order valence-electron chi connectivity index (χ1n) is 12.2. The van der Waals surface area contributed by atoms with Crippen molar-refractivity contribution >= 4 is 28.7 Å². The summed E-state index contributed by atoms with van der Waals surface area (Å²) in [5.41, 5.74) is 2.26. The lowest BCUT2D eigenvalue weighted by Gasteiger charge is -2.34. The number of hydrogen-bond donors (Lipinski definition) is 3. The summed E-state index contributed by atoms with van der Waals surface area (Å²) in [6.45, 7) is 6.04. The molecular weight excluding hydrogens is 446 g/mol. The van der Waals surface area contributed by atoms with E-state index in [1.807, 2.05) is 18.2 Å². The second kappa shape index (κ2) is 10.3. The number of piperidine rings is 1. The molecule has 10 heteroatoms. The minimum absolute atomic E-state index is 0.0455. The average molecular weight is 478 g/mol. The summed E-state index contributed by atoms with van der Waals surface area (Å²) < 4.78 is 6.11. The zero-order chi connectivity index (χ0) is 24.2. The third kappa shape index (κ3) is 5.22. The number of hydrogen-bond acceptors (Lipinski definition) is 7. The van der Waals surface area contributed by atoms with Crippen LogP contribution in [0.3, 0.4) is 0 Å². The molecular formula is C25H31N7O3. The third-order valence-corrected chi connectivity index (χ3v) is 6.67. The van der Waals surface area contributed by atoms with E-state index in [1.54, 1.807) is 35.1 Å². The largest absolute Gasteiger partial charge is 0.489 e. The Balaban J connectivity index is 1.26. The fourth-order valence-electron chi connectivity index (χ4n) is 4.70. The van der Waals surface area contributed by atoms with Gasteiger partial charge in [-0.05, 0) is 43.7 Å². The predicted octanol–water partition coefficient (Wildman–Crippen LogP) is 2.01. The highest BCUT2D eigenvalue weighted by Crippen LogP contribution is 2.26. The van der Waals surface area contributed by atoms with Crippen molar-refractivity contribution in [2.45, 2.75) is 32.4 Å². The summed E-state index contributed by atoms with van der Waals surface area (Å²) >= 11 is 0. The van der Waals surface area contributed by atoms with Gasteiger partial charge in [-0.2, -0.15) is 5.10 Å². The van der Waals surface area contributed by atoms with Crippen LogP contribution in [0.4, 0.5) is 5.82 Å². The number of nitrogens with one attached hydrogen (secondary N) is 3. The van der Waals surface area contributed by atoms with Crippen molar-refractivity contribution in [1.29, 1.82) is 0 Å². The lowest BCUT2D eigenvalue weighted by atomic mass is 10.1. The van der Waals surface area contributed by atoms with E-state index in [0.717, 1.165) is 42.7 Å². The molecule has 0 unspecified atom stereocenters. The first-order chi connectivity index (χ1) is 17.1. The van der Waals surface area contributed by atoms with Gasteiger partial charge < -0.3 is 25.2 Å². The number of carbonyl (C=O) groups excluding carboxylic acids is 2. The number of rotatable bonds is 6. The van der Waals surface area contributed by atoms with Crippen LogP contribution in [0.5, 0.6) is 5.75 Å². The van der Waals surface area contributed by atoms with Crippen molar-refractivity contribution in [2.75, 3.05) is 44.6 Å². The summed E-state index contributed by atoms with van der Waals surface area (Å²) in [5, 5.41) is 15.3. The topological polar surface area (TPSA) is 115 Å². The minimum atomic E-state index is -0.0487. The normalized spacial score (nSPS) is 18.5. The Hall–Kier alpha value is -3.66. The van der Waals surface area contributed by atoms with Gasteiger partial charge in [-0.15, -0.1) is 0 Å².